The maximum absolute atomic E-state index is 12.8. The largest absolute Gasteiger partial charge is 0.496 e. The van der Waals surface area contributed by atoms with Crippen molar-refractivity contribution in [3.63, 3.8) is 0 Å². The maximum atomic E-state index is 12.8. The lowest BCUT2D eigenvalue weighted by Crippen LogP contribution is -1.99. The molecule has 0 aliphatic heterocycles. The van der Waals surface area contributed by atoms with Gasteiger partial charge in [0.1, 0.15) is 11.6 Å². The number of aliphatic hydroxyl groups is 1. The van der Waals surface area contributed by atoms with Crippen molar-refractivity contribution >= 4 is 0 Å². The molecule has 0 bridgehead atoms. The smallest absolute Gasteiger partial charge is 0.124 e. The molecule has 0 fully saturated rings. The summed E-state index contributed by atoms with van der Waals surface area (Å²) < 4.78 is 17.8. The van der Waals surface area contributed by atoms with Gasteiger partial charge in [-0.1, -0.05) is 6.92 Å². The number of halogens is 1. The van der Waals surface area contributed by atoms with Gasteiger partial charge in [-0.05, 0) is 24.6 Å². The van der Waals surface area contributed by atoms with Crippen molar-refractivity contribution in [1.82, 2.24) is 0 Å². The summed E-state index contributed by atoms with van der Waals surface area (Å²) in [6.07, 6.45) is -0.120. The minimum atomic E-state index is -0.661. The second-order valence-corrected chi connectivity index (χ2v) is 2.81. The van der Waals surface area contributed by atoms with Gasteiger partial charge >= 0.3 is 0 Å². The highest BCUT2D eigenvalue weighted by Crippen LogP contribution is 2.27. The van der Waals surface area contributed by atoms with E-state index < -0.39 is 6.10 Å². The quantitative estimate of drug-likeness (QED) is 0.780. The standard InChI is InChI=1S/C10H13FO2/c1-3-9(12)8-6-7(11)4-5-10(8)13-2/h4-6,9,12H,3H2,1-2H3. The van der Waals surface area contributed by atoms with E-state index in [9.17, 15) is 9.50 Å². The molecule has 1 aromatic rings. The Morgan fingerprint density at radius 3 is 2.77 bits per heavy atom. The Balaban J connectivity index is 3.07. The summed E-state index contributed by atoms with van der Waals surface area (Å²) in [7, 11) is 1.50. The lowest BCUT2D eigenvalue weighted by atomic mass is 10.1. The summed E-state index contributed by atoms with van der Waals surface area (Å²) in [5, 5.41) is 9.52. The Hall–Kier alpha value is -1.09. The van der Waals surface area contributed by atoms with Crippen LogP contribution >= 0.6 is 0 Å². The molecule has 0 saturated heterocycles. The van der Waals surface area contributed by atoms with Crippen LogP contribution in [0.3, 0.4) is 0 Å². The van der Waals surface area contributed by atoms with E-state index in [0.717, 1.165) is 0 Å². The van der Waals surface area contributed by atoms with Gasteiger partial charge < -0.3 is 9.84 Å². The van der Waals surface area contributed by atoms with Crippen LogP contribution in [-0.2, 0) is 0 Å². The van der Waals surface area contributed by atoms with Crippen molar-refractivity contribution in [2.75, 3.05) is 7.11 Å². The molecular weight excluding hydrogens is 171 g/mol. The first-order valence-corrected chi connectivity index (χ1v) is 4.20. The number of methoxy groups -OCH3 is 1. The van der Waals surface area contributed by atoms with E-state index in [0.29, 0.717) is 17.7 Å². The number of ether oxygens (including phenoxy) is 1. The van der Waals surface area contributed by atoms with Crippen molar-refractivity contribution in [3.05, 3.63) is 29.6 Å². The molecule has 0 saturated carbocycles. The molecule has 0 radical (unpaired) electrons. The van der Waals surface area contributed by atoms with Crippen LogP contribution in [0.1, 0.15) is 25.0 Å². The minimum Gasteiger partial charge on any atom is -0.496 e. The molecule has 0 amide bonds. The summed E-state index contributed by atoms with van der Waals surface area (Å²) in [5.74, 6) is 0.166. The predicted octanol–water partition coefficient (Wildman–Crippen LogP) is 2.28. The highest BCUT2D eigenvalue weighted by Gasteiger charge is 2.11. The third-order valence-electron chi connectivity index (χ3n) is 1.94. The molecule has 13 heavy (non-hydrogen) atoms. The monoisotopic (exact) mass is 184 g/mol. The molecule has 72 valence electrons. The molecular formula is C10H13FO2. The molecule has 1 unspecified atom stereocenters. The number of hydrogen-bond donors (Lipinski definition) is 1. The van der Waals surface area contributed by atoms with Crippen molar-refractivity contribution in [2.45, 2.75) is 19.4 Å². The van der Waals surface area contributed by atoms with Crippen LogP contribution in [-0.4, -0.2) is 12.2 Å². The number of benzene rings is 1. The Morgan fingerprint density at radius 2 is 2.23 bits per heavy atom. The third-order valence-corrected chi connectivity index (χ3v) is 1.94. The van der Waals surface area contributed by atoms with E-state index in [1.807, 2.05) is 6.92 Å². The zero-order valence-corrected chi connectivity index (χ0v) is 7.75. The van der Waals surface area contributed by atoms with Crippen LogP contribution in [0.4, 0.5) is 4.39 Å². The fourth-order valence-electron chi connectivity index (χ4n) is 1.19. The second kappa shape index (κ2) is 4.23. The summed E-state index contributed by atoms with van der Waals surface area (Å²) in [4.78, 5) is 0. The molecule has 1 atom stereocenters. The van der Waals surface area contributed by atoms with Gasteiger partial charge in [0.25, 0.3) is 0 Å². The van der Waals surface area contributed by atoms with E-state index in [2.05, 4.69) is 0 Å². The number of hydrogen-bond acceptors (Lipinski definition) is 2. The van der Waals surface area contributed by atoms with Gasteiger partial charge in [0, 0.05) is 5.56 Å². The first-order valence-electron chi connectivity index (χ1n) is 4.20. The Bertz CT molecular complexity index is 286. The average molecular weight is 184 g/mol. The predicted molar refractivity (Wildman–Crippen MR) is 48.2 cm³/mol. The Labute approximate surface area is 77.0 Å². The Morgan fingerprint density at radius 1 is 1.54 bits per heavy atom. The van der Waals surface area contributed by atoms with E-state index in [1.165, 1.54) is 25.3 Å². The molecule has 3 heteroatoms. The normalized spacial score (nSPS) is 12.6. The van der Waals surface area contributed by atoms with Crippen LogP contribution in [0.25, 0.3) is 0 Å². The molecule has 0 aromatic heterocycles. The summed E-state index contributed by atoms with van der Waals surface area (Å²) >= 11 is 0. The Kier molecular flexibility index (Phi) is 3.25. The van der Waals surface area contributed by atoms with Gasteiger partial charge in [-0.15, -0.1) is 0 Å². The summed E-state index contributed by atoms with van der Waals surface area (Å²) in [6, 6.07) is 4.13. The van der Waals surface area contributed by atoms with Gasteiger partial charge in [0.15, 0.2) is 0 Å². The topological polar surface area (TPSA) is 29.5 Å². The zero-order chi connectivity index (χ0) is 9.84. The molecule has 0 heterocycles. The van der Waals surface area contributed by atoms with Crippen molar-refractivity contribution in [1.29, 1.82) is 0 Å². The average Bonchev–Trinajstić information content (AvgIpc) is 2.16. The highest BCUT2D eigenvalue weighted by molar-refractivity contribution is 5.35. The minimum absolute atomic E-state index is 0.358. The molecule has 2 nitrogen and oxygen atoms in total. The molecule has 0 spiro atoms. The van der Waals surface area contributed by atoms with Crippen molar-refractivity contribution in [2.24, 2.45) is 0 Å². The molecule has 1 rings (SSSR count). The van der Waals surface area contributed by atoms with Gasteiger partial charge in [-0.3, -0.25) is 0 Å². The van der Waals surface area contributed by atoms with E-state index >= 15 is 0 Å². The first kappa shape index (κ1) is 9.99. The van der Waals surface area contributed by atoms with E-state index in [-0.39, 0.29) is 5.82 Å². The summed E-state index contributed by atoms with van der Waals surface area (Å²) in [6.45, 7) is 1.83. The van der Waals surface area contributed by atoms with Gasteiger partial charge in [0.2, 0.25) is 0 Å². The maximum Gasteiger partial charge on any atom is 0.124 e. The van der Waals surface area contributed by atoms with Crippen LogP contribution in [0, 0.1) is 5.82 Å². The molecule has 1 aromatic carbocycles. The fourth-order valence-corrected chi connectivity index (χ4v) is 1.19. The lowest BCUT2D eigenvalue weighted by molar-refractivity contribution is 0.169. The van der Waals surface area contributed by atoms with Crippen molar-refractivity contribution < 1.29 is 14.2 Å². The van der Waals surface area contributed by atoms with E-state index in [4.69, 9.17) is 4.74 Å². The van der Waals surface area contributed by atoms with Crippen molar-refractivity contribution in [3.8, 4) is 5.75 Å². The zero-order valence-electron chi connectivity index (χ0n) is 7.75. The first-order chi connectivity index (χ1) is 6.19. The highest BCUT2D eigenvalue weighted by atomic mass is 19.1. The van der Waals surface area contributed by atoms with E-state index in [1.54, 1.807) is 0 Å². The van der Waals surface area contributed by atoms with Gasteiger partial charge in [-0.2, -0.15) is 0 Å². The molecule has 1 N–H and O–H groups in total. The second-order valence-electron chi connectivity index (χ2n) is 2.81. The molecule has 0 aliphatic carbocycles. The van der Waals surface area contributed by atoms with Crippen LogP contribution in [0.15, 0.2) is 18.2 Å². The van der Waals surface area contributed by atoms with Gasteiger partial charge in [-0.25, -0.2) is 4.39 Å². The molecule has 0 aliphatic rings. The fraction of sp³-hybridized carbons (Fsp3) is 0.400. The van der Waals surface area contributed by atoms with Crippen LogP contribution in [0.2, 0.25) is 0 Å². The number of aliphatic hydroxyl groups excluding tert-OH is 1. The SMILES string of the molecule is CCC(O)c1cc(F)ccc1OC. The van der Waals surface area contributed by atoms with Gasteiger partial charge in [0.05, 0.1) is 13.2 Å². The third kappa shape index (κ3) is 2.18. The van der Waals surface area contributed by atoms with Crippen LogP contribution in [0.5, 0.6) is 5.75 Å². The summed E-state index contributed by atoms with van der Waals surface area (Å²) in [5.41, 5.74) is 0.505. The lowest BCUT2D eigenvalue weighted by Gasteiger charge is -2.12. The number of rotatable bonds is 3. The van der Waals surface area contributed by atoms with Crippen LogP contribution < -0.4 is 4.74 Å².